The van der Waals surface area contributed by atoms with E-state index in [1.807, 2.05) is 30.5 Å². The number of hydrogen-bond acceptors (Lipinski definition) is 3. The first-order valence-electron chi connectivity index (χ1n) is 9.46. The van der Waals surface area contributed by atoms with Crippen molar-refractivity contribution in [2.24, 2.45) is 0 Å². The molecule has 0 bridgehead atoms. The molecule has 2 heterocycles. The molecule has 1 aromatic carbocycles. The number of fused-ring (bicyclic) bond motifs is 1. The van der Waals surface area contributed by atoms with E-state index in [1.54, 1.807) is 0 Å². The molecule has 1 aromatic heterocycles. The molecule has 2 fully saturated rings. The molecule has 5 heteroatoms. The van der Waals surface area contributed by atoms with Crippen LogP contribution in [0.4, 0.5) is 0 Å². The molecule has 1 aliphatic heterocycles. The first-order chi connectivity index (χ1) is 12.3. The number of aromatic amines is 1. The van der Waals surface area contributed by atoms with Crippen molar-refractivity contribution < 1.29 is 9.53 Å². The van der Waals surface area contributed by atoms with E-state index in [-0.39, 0.29) is 11.4 Å². The standard InChI is InChI=1S/C20H27N3O2/c24-19(17-14-21-18-7-3-2-6-16(17)18)22-15-20(8-4-1-5-9-20)23-10-12-25-13-11-23/h2-3,6-7,14,21H,1,4-5,8-13,15H2,(H,22,24). The zero-order valence-electron chi connectivity index (χ0n) is 14.7. The van der Waals surface area contributed by atoms with Crippen LogP contribution in [0, 0.1) is 0 Å². The lowest BCUT2D eigenvalue weighted by Gasteiger charge is -2.48. The molecular formula is C20H27N3O2. The molecule has 2 aliphatic rings. The fourth-order valence-corrected chi connectivity index (χ4v) is 4.45. The van der Waals surface area contributed by atoms with E-state index in [2.05, 4.69) is 15.2 Å². The van der Waals surface area contributed by atoms with Gasteiger partial charge in [-0.1, -0.05) is 37.5 Å². The fourth-order valence-electron chi connectivity index (χ4n) is 4.45. The van der Waals surface area contributed by atoms with Crippen molar-refractivity contribution in [1.29, 1.82) is 0 Å². The third-order valence-electron chi connectivity index (χ3n) is 5.88. The molecular weight excluding hydrogens is 314 g/mol. The van der Waals surface area contributed by atoms with Gasteiger partial charge in [-0.15, -0.1) is 0 Å². The number of nitrogens with zero attached hydrogens (tertiary/aromatic N) is 1. The Kier molecular flexibility index (Phi) is 4.77. The van der Waals surface area contributed by atoms with E-state index in [0.29, 0.717) is 0 Å². The third-order valence-corrected chi connectivity index (χ3v) is 5.88. The number of para-hydroxylation sites is 1. The Morgan fingerprint density at radius 1 is 1.16 bits per heavy atom. The quantitative estimate of drug-likeness (QED) is 0.899. The van der Waals surface area contributed by atoms with Crippen LogP contribution < -0.4 is 5.32 Å². The summed E-state index contributed by atoms with van der Waals surface area (Å²) in [5.74, 6) is 0.0238. The van der Waals surface area contributed by atoms with E-state index < -0.39 is 0 Å². The van der Waals surface area contributed by atoms with Crippen molar-refractivity contribution in [3.63, 3.8) is 0 Å². The molecule has 25 heavy (non-hydrogen) atoms. The summed E-state index contributed by atoms with van der Waals surface area (Å²) in [6.45, 7) is 4.29. The zero-order valence-corrected chi connectivity index (χ0v) is 14.7. The first-order valence-corrected chi connectivity index (χ1v) is 9.46. The van der Waals surface area contributed by atoms with E-state index in [1.165, 1.54) is 32.1 Å². The normalized spacial score (nSPS) is 21.3. The average molecular weight is 341 g/mol. The van der Waals surface area contributed by atoms with Gasteiger partial charge in [0.2, 0.25) is 0 Å². The van der Waals surface area contributed by atoms with Gasteiger partial charge >= 0.3 is 0 Å². The zero-order chi connectivity index (χ0) is 17.1. The van der Waals surface area contributed by atoms with Crippen LogP contribution in [-0.4, -0.2) is 54.2 Å². The lowest BCUT2D eigenvalue weighted by atomic mass is 9.79. The first kappa shape index (κ1) is 16.6. The molecule has 1 aliphatic carbocycles. The van der Waals surface area contributed by atoms with Crippen LogP contribution in [-0.2, 0) is 4.74 Å². The highest BCUT2D eigenvalue weighted by Crippen LogP contribution is 2.34. The molecule has 0 unspecified atom stereocenters. The monoisotopic (exact) mass is 341 g/mol. The van der Waals surface area contributed by atoms with Crippen LogP contribution in [0.1, 0.15) is 42.5 Å². The average Bonchev–Trinajstić information content (AvgIpc) is 3.12. The second-order valence-electron chi connectivity index (χ2n) is 7.32. The summed E-state index contributed by atoms with van der Waals surface area (Å²) in [5, 5.41) is 4.23. The van der Waals surface area contributed by atoms with Crippen LogP contribution in [0.25, 0.3) is 10.9 Å². The molecule has 1 saturated carbocycles. The molecule has 4 rings (SSSR count). The molecule has 0 spiro atoms. The maximum absolute atomic E-state index is 12.8. The molecule has 1 amide bonds. The van der Waals surface area contributed by atoms with Crippen LogP contribution in [0.3, 0.4) is 0 Å². The van der Waals surface area contributed by atoms with E-state index >= 15 is 0 Å². The fraction of sp³-hybridized carbons (Fsp3) is 0.550. The van der Waals surface area contributed by atoms with Crippen molar-refractivity contribution in [3.05, 3.63) is 36.0 Å². The molecule has 2 N–H and O–H groups in total. The Morgan fingerprint density at radius 3 is 2.72 bits per heavy atom. The number of hydrogen-bond donors (Lipinski definition) is 2. The maximum atomic E-state index is 12.8. The summed E-state index contributed by atoms with van der Waals surface area (Å²) < 4.78 is 5.54. The van der Waals surface area contributed by atoms with Crippen molar-refractivity contribution in [1.82, 2.24) is 15.2 Å². The van der Waals surface area contributed by atoms with Gasteiger partial charge in [-0.25, -0.2) is 0 Å². The Balaban J connectivity index is 1.49. The van der Waals surface area contributed by atoms with Gasteiger partial charge in [-0.05, 0) is 18.9 Å². The van der Waals surface area contributed by atoms with Gasteiger partial charge in [0.25, 0.3) is 5.91 Å². The van der Waals surface area contributed by atoms with Gasteiger partial charge < -0.3 is 15.0 Å². The summed E-state index contributed by atoms with van der Waals surface area (Å²) in [7, 11) is 0. The highest BCUT2D eigenvalue weighted by atomic mass is 16.5. The maximum Gasteiger partial charge on any atom is 0.253 e. The number of nitrogens with one attached hydrogen (secondary N) is 2. The number of H-pyrrole nitrogens is 1. The minimum absolute atomic E-state index is 0.0238. The number of amides is 1. The number of benzene rings is 1. The highest BCUT2D eigenvalue weighted by molar-refractivity contribution is 6.06. The van der Waals surface area contributed by atoms with Gasteiger partial charge in [-0.3, -0.25) is 9.69 Å². The van der Waals surface area contributed by atoms with Gasteiger partial charge in [0.05, 0.1) is 18.8 Å². The predicted molar refractivity (Wildman–Crippen MR) is 98.8 cm³/mol. The predicted octanol–water partition coefficient (Wildman–Crippen LogP) is 2.93. The molecule has 0 atom stereocenters. The van der Waals surface area contributed by atoms with Crippen molar-refractivity contribution in [2.75, 3.05) is 32.8 Å². The Hall–Kier alpha value is -1.85. The number of ether oxygens (including phenoxy) is 1. The number of carbonyl (C=O) groups excluding carboxylic acids is 1. The third kappa shape index (κ3) is 3.31. The highest BCUT2D eigenvalue weighted by Gasteiger charge is 2.38. The summed E-state index contributed by atoms with van der Waals surface area (Å²) >= 11 is 0. The lowest BCUT2D eigenvalue weighted by molar-refractivity contribution is -0.0361. The summed E-state index contributed by atoms with van der Waals surface area (Å²) in [6.07, 6.45) is 7.97. The number of rotatable bonds is 4. The van der Waals surface area contributed by atoms with Crippen molar-refractivity contribution in [2.45, 2.75) is 37.6 Å². The van der Waals surface area contributed by atoms with Crippen LogP contribution in [0.5, 0.6) is 0 Å². The second-order valence-corrected chi connectivity index (χ2v) is 7.32. The summed E-state index contributed by atoms with van der Waals surface area (Å²) in [5.41, 5.74) is 1.85. The van der Waals surface area contributed by atoms with Crippen molar-refractivity contribution in [3.8, 4) is 0 Å². The SMILES string of the molecule is O=C(NCC1(N2CCOCC2)CCCCC1)c1c[nH]c2ccccc12. The lowest BCUT2D eigenvalue weighted by Crippen LogP contribution is -2.59. The largest absolute Gasteiger partial charge is 0.379 e. The molecule has 134 valence electrons. The summed E-state index contributed by atoms with van der Waals surface area (Å²) in [4.78, 5) is 18.6. The number of aromatic nitrogens is 1. The van der Waals surface area contributed by atoms with Crippen LogP contribution in [0.2, 0.25) is 0 Å². The van der Waals surface area contributed by atoms with E-state index in [9.17, 15) is 4.79 Å². The van der Waals surface area contributed by atoms with Gasteiger partial charge in [0.1, 0.15) is 0 Å². The summed E-state index contributed by atoms with van der Waals surface area (Å²) in [6, 6.07) is 7.96. The smallest absolute Gasteiger partial charge is 0.253 e. The van der Waals surface area contributed by atoms with Crippen molar-refractivity contribution >= 4 is 16.8 Å². The Bertz CT molecular complexity index is 727. The van der Waals surface area contributed by atoms with Gasteiger partial charge in [-0.2, -0.15) is 0 Å². The van der Waals surface area contributed by atoms with Gasteiger partial charge in [0.15, 0.2) is 0 Å². The van der Waals surface area contributed by atoms with Gasteiger partial charge in [0, 0.05) is 42.3 Å². The van der Waals surface area contributed by atoms with E-state index in [0.717, 1.165) is 49.3 Å². The molecule has 2 aromatic rings. The molecule has 5 nitrogen and oxygen atoms in total. The number of carbonyl (C=O) groups is 1. The topological polar surface area (TPSA) is 57.4 Å². The minimum atomic E-state index is 0.0238. The minimum Gasteiger partial charge on any atom is -0.379 e. The molecule has 0 radical (unpaired) electrons. The van der Waals surface area contributed by atoms with E-state index in [4.69, 9.17) is 4.74 Å². The van der Waals surface area contributed by atoms with Crippen LogP contribution in [0.15, 0.2) is 30.5 Å². The van der Waals surface area contributed by atoms with Crippen LogP contribution >= 0.6 is 0 Å². The Morgan fingerprint density at radius 2 is 1.92 bits per heavy atom. The Labute approximate surface area is 148 Å². The number of morpholine rings is 1. The second kappa shape index (κ2) is 7.18. The molecule has 1 saturated heterocycles.